The van der Waals surface area contributed by atoms with Crippen molar-refractivity contribution in [1.29, 1.82) is 0 Å². The van der Waals surface area contributed by atoms with Crippen molar-refractivity contribution in [3.63, 3.8) is 0 Å². The first kappa shape index (κ1) is 11.7. The number of aromatic hydroxyl groups is 1. The molecule has 0 radical (unpaired) electrons. The maximum atomic E-state index is 9.72. The Balaban J connectivity index is 1.97. The number of hydrogen-bond acceptors (Lipinski definition) is 7. The smallest absolute Gasteiger partial charge is 0.258 e. The Morgan fingerprint density at radius 1 is 1.37 bits per heavy atom. The molecule has 1 aromatic carbocycles. The van der Waals surface area contributed by atoms with Gasteiger partial charge in [0.25, 0.3) is 5.89 Å². The molecule has 0 saturated carbocycles. The Bertz CT molecular complexity index is 694. The average molecular weight is 275 g/mol. The van der Waals surface area contributed by atoms with Crippen LogP contribution < -0.4 is 4.74 Å². The highest BCUT2D eigenvalue weighted by Gasteiger charge is 2.13. The molecule has 3 aromatic rings. The second kappa shape index (κ2) is 4.69. The zero-order chi connectivity index (χ0) is 13.2. The molecular formula is C12H9N3O3S. The van der Waals surface area contributed by atoms with Crippen molar-refractivity contribution < 1.29 is 14.4 Å². The summed E-state index contributed by atoms with van der Waals surface area (Å²) in [5.41, 5.74) is 2.33. The first-order valence-electron chi connectivity index (χ1n) is 5.38. The third kappa shape index (κ3) is 2.15. The van der Waals surface area contributed by atoms with E-state index in [9.17, 15) is 5.11 Å². The number of methoxy groups -OCH3 is 1. The summed E-state index contributed by atoms with van der Waals surface area (Å²) in [4.78, 5) is 9.04. The van der Waals surface area contributed by atoms with E-state index >= 15 is 0 Å². The quantitative estimate of drug-likeness (QED) is 0.791. The lowest BCUT2D eigenvalue weighted by molar-refractivity contribution is 0.373. The SMILES string of the molecule is COc1ccc(-c2nc(-c3cncs3)no2)cc1O. The van der Waals surface area contributed by atoms with E-state index in [0.29, 0.717) is 23.0 Å². The standard InChI is InChI=1S/C12H9N3O3S/c1-17-9-3-2-7(4-8(9)16)12-14-11(15-18-12)10-5-13-6-19-10/h2-6,16H,1H3. The molecule has 6 nitrogen and oxygen atoms in total. The molecular weight excluding hydrogens is 266 g/mol. The second-order valence-electron chi connectivity index (χ2n) is 3.68. The van der Waals surface area contributed by atoms with E-state index in [-0.39, 0.29) is 5.75 Å². The normalized spacial score (nSPS) is 10.6. The predicted molar refractivity (Wildman–Crippen MR) is 69.1 cm³/mol. The van der Waals surface area contributed by atoms with Crippen LogP contribution in [0.15, 0.2) is 34.4 Å². The molecule has 2 heterocycles. The molecule has 0 aliphatic carbocycles. The van der Waals surface area contributed by atoms with Gasteiger partial charge in [-0.3, -0.25) is 4.98 Å². The van der Waals surface area contributed by atoms with Gasteiger partial charge in [0.2, 0.25) is 5.82 Å². The summed E-state index contributed by atoms with van der Waals surface area (Å²) in [5.74, 6) is 1.23. The lowest BCUT2D eigenvalue weighted by Gasteiger charge is -2.02. The van der Waals surface area contributed by atoms with Crippen LogP contribution in [0.1, 0.15) is 0 Å². The number of phenols is 1. The Morgan fingerprint density at radius 3 is 2.95 bits per heavy atom. The first-order valence-corrected chi connectivity index (χ1v) is 6.26. The molecule has 0 aliphatic heterocycles. The highest BCUT2D eigenvalue weighted by molar-refractivity contribution is 7.13. The fourth-order valence-electron chi connectivity index (χ4n) is 1.59. The van der Waals surface area contributed by atoms with Crippen molar-refractivity contribution in [2.75, 3.05) is 7.11 Å². The zero-order valence-corrected chi connectivity index (χ0v) is 10.7. The summed E-state index contributed by atoms with van der Waals surface area (Å²) in [6.07, 6.45) is 1.67. The number of rotatable bonds is 3. The maximum absolute atomic E-state index is 9.72. The van der Waals surface area contributed by atoms with Crippen LogP contribution in [0.2, 0.25) is 0 Å². The van der Waals surface area contributed by atoms with Crippen molar-refractivity contribution in [3.05, 3.63) is 29.9 Å². The molecule has 0 atom stereocenters. The van der Waals surface area contributed by atoms with Gasteiger partial charge in [0.05, 0.1) is 17.5 Å². The third-order valence-corrected chi connectivity index (χ3v) is 3.27. The molecule has 0 amide bonds. The van der Waals surface area contributed by atoms with Gasteiger partial charge in [0.1, 0.15) is 0 Å². The summed E-state index contributed by atoms with van der Waals surface area (Å²) in [6, 6.07) is 4.90. The number of hydrogen-bond donors (Lipinski definition) is 1. The Morgan fingerprint density at radius 2 is 2.26 bits per heavy atom. The fraction of sp³-hybridized carbons (Fsp3) is 0.0833. The number of benzene rings is 1. The third-order valence-electron chi connectivity index (χ3n) is 2.50. The summed E-state index contributed by atoms with van der Waals surface area (Å²) < 4.78 is 10.1. The van der Waals surface area contributed by atoms with E-state index in [4.69, 9.17) is 9.26 Å². The minimum Gasteiger partial charge on any atom is -0.504 e. The van der Waals surface area contributed by atoms with Crippen molar-refractivity contribution in [1.82, 2.24) is 15.1 Å². The summed E-state index contributed by atoms with van der Waals surface area (Å²) >= 11 is 1.43. The number of ether oxygens (including phenoxy) is 1. The maximum Gasteiger partial charge on any atom is 0.258 e. The molecule has 2 aromatic heterocycles. The number of nitrogens with zero attached hydrogens (tertiary/aromatic N) is 3. The van der Waals surface area contributed by atoms with Crippen LogP contribution in [0.4, 0.5) is 0 Å². The van der Waals surface area contributed by atoms with Gasteiger partial charge in [-0.05, 0) is 18.2 Å². The van der Waals surface area contributed by atoms with Gasteiger partial charge in [-0.1, -0.05) is 5.16 Å². The van der Waals surface area contributed by atoms with Crippen molar-refractivity contribution >= 4 is 11.3 Å². The molecule has 0 aliphatic rings. The van der Waals surface area contributed by atoms with Crippen LogP contribution >= 0.6 is 11.3 Å². The molecule has 1 N–H and O–H groups in total. The van der Waals surface area contributed by atoms with Gasteiger partial charge >= 0.3 is 0 Å². The highest BCUT2D eigenvalue weighted by Crippen LogP contribution is 2.31. The van der Waals surface area contributed by atoms with Crippen LogP contribution in [0, 0.1) is 0 Å². The molecule has 19 heavy (non-hydrogen) atoms. The van der Waals surface area contributed by atoms with Crippen LogP contribution in [-0.4, -0.2) is 27.3 Å². The van der Waals surface area contributed by atoms with Crippen molar-refractivity contribution in [2.45, 2.75) is 0 Å². The second-order valence-corrected chi connectivity index (χ2v) is 4.56. The number of thiazole rings is 1. The molecule has 3 rings (SSSR count). The van der Waals surface area contributed by atoms with Gasteiger partial charge < -0.3 is 14.4 Å². The Labute approximate surface area is 112 Å². The van der Waals surface area contributed by atoms with Crippen LogP contribution in [0.3, 0.4) is 0 Å². The summed E-state index contributed by atoms with van der Waals surface area (Å²) in [7, 11) is 1.49. The molecule has 7 heteroatoms. The topological polar surface area (TPSA) is 81.3 Å². The van der Waals surface area contributed by atoms with Crippen LogP contribution in [0.25, 0.3) is 22.2 Å². The van der Waals surface area contributed by atoms with E-state index in [1.165, 1.54) is 24.5 Å². The summed E-state index contributed by atoms with van der Waals surface area (Å²) in [6.45, 7) is 0. The molecule has 96 valence electrons. The Hall–Kier alpha value is -2.41. The first-order chi connectivity index (χ1) is 9.28. The van der Waals surface area contributed by atoms with Gasteiger partial charge in [-0.2, -0.15) is 4.98 Å². The van der Waals surface area contributed by atoms with Crippen molar-refractivity contribution in [2.24, 2.45) is 0 Å². The average Bonchev–Trinajstić information content (AvgIpc) is 3.09. The van der Waals surface area contributed by atoms with E-state index in [1.54, 1.807) is 23.8 Å². The highest BCUT2D eigenvalue weighted by atomic mass is 32.1. The van der Waals surface area contributed by atoms with E-state index in [0.717, 1.165) is 4.88 Å². The van der Waals surface area contributed by atoms with Crippen LogP contribution in [0.5, 0.6) is 11.5 Å². The van der Waals surface area contributed by atoms with Gasteiger partial charge in [-0.25, -0.2) is 0 Å². The van der Waals surface area contributed by atoms with Gasteiger partial charge in [-0.15, -0.1) is 11.3 Å². The largest absolute Gasteiger partial charge is 0.504 e. The summed E-state index contributed by atoms with van der Waals surface area (Å²) in [5, 5.41) is 13.6. The van der Waals surface area contributed by atoms with Crippen molar-refractivity contribution in [3.8, 4) is 33.7 Å². The number of phenolic OH excluding ortho intramolecular Hbond substituents is 1. The Kier molecular flexibility index (Phi) is 2.88. The lowest BCUT2D eigenvalue weighted by atomic mass is 10.2. The van der Waals surface area contributed by atoms with Crippen LogP contribution in [-0.2, 0) is 0 Å². The van der Waals surface area contributed by atoms with Gasteiger partial charge in [0, 0.05) is 11.8 Å². The lowest BCUT2D eigenvalue weighted by Crippen LogP contribution is -1.84. The molecule has 0 spiro atoms. The minimum absolute atomic E-state index is 0.0255. The number of aromatic nitrogens is 3. The van der Waals surface area contributed by atoms with E-state index in [2.05, 4.69) is 15.1 Å². The minimum atomic E-state index is 0.0255. The monoisotopic (exact) mass is 275 g/mol. The fourth-order valence-corrected chi connectivity index (χ4v) is 2.14. The zero-order valence-electron chi connectivity index (χ0n) is 9.90. The predicted octanol–water partition coefficient (Wildman–Crippen LogP) is 2.57. The van der Waals surface area contributed by atoms with E-state index in [1.807, 2.05) is 0 Å². The van der Waals surface area contributed by atoms with Gasteiger partial charge in [0.15, 0.2) is 11.5 Å². The molecule has 0 fully saturated rings. The molecule has 0 unspecified atom stereocenters. The molecule has 0 bridgehead atoms. The van der Waals surface area contributed by atoms with E-state index < -0.39 is 0 Å². The molecule has 0 saturated heterocycles.